The van der Waals surface area contributed by atoms with E-state index in [1.165, 1.54) is 6.07 Å². The summed E-state index contributed by atoms with van der Waals surface area (Å²) in [5.74, 6) is -0.574. The first-order valence-corrected chi connectivity index (χ1v) is 9.47. The maximum Gasteiger partial charge on any atom is 0.335 e. The summed E-state index contributed by atoms with van der Waals surface area (Å²) in [6.07, 6.45) is 3.99. The number of aryl methyl sites for hydroxylation is 1. The van der Waals surface area contributed by atoms with Crippen LogP contribution in [0.4, 0.5) is 5.69 Å². The van der Waals surface area contributed by atoms with Crippen molar-refractivity contribution in [2.24, 2.45) is 5.92 Å². The van der Waals surface area contributed by atoms with Gasteiger partial charge in [-0.25, -0.2) is 4.68 Å². The molecule has 1 amide bonds. The van der Waals surface area contributed by atoms with E-state index in [9.17, 15) is 24.5 Å². The summed E-state index contributed by atoms with van der Waals surface area (Å²) in [4.78, 5) is 50.9. The molecule has 2 aromatic rings. The van der Waals surface area contributed by atoms with Crippen LogP contribution in [-0.4, -0.2) is 33.6 Å². The first-order chi connectivity index (χ1) is 13.5. The first-order valence-electron chi connectivity index (χ1n) is 9.47. The molecular weight excluding hydrogens is 402 g/mol. The Bertz CT molecular complexity index is 1090. The number of nitrogens with one attached hydrogen (secondary N) is 3. The largest absolute Gasteiger partial charge is 0.335 e. The normalized spacial score (nSPS) is 16.7. The molecular formula is C18H22ClN5O5. The molecule has 1 aromatic carbocycles. The fourth-order valence-electron chi connectivity index (χ4n) is 4.19. The van der Waals surface area contributed by atoms with Crippen molar-refractivity contribution < 1.29 is 9.72 Å². The maximum absolute atomic E-state index is 12.7. The molecule has 11 heteroatoms. The monoisotopic (exact) mass is 423 g/mol. The Kier molecular flexibility index (Phi) is 6.04. The summed E-state index contributed by atoms with van der Waals surface area (Å²) in [6.45, 7) is 1.43. The number of fused-ring (bicyclic) bond motifs is 3. The van der Waals surface area contributed by atoms with Gasteiger partial charge in [-0.15, -0.1) is 12.4 Å². The molecule has 1 saturated heterocycles. The minimum Gasteiger partial charge on any atom is -0.317 e. The van der Waals surface area contributed by atoms with E-state index in [1.54, 1.807) is 0 Å². The number of nitrogens with zero attached hydrogens (tertiary/aromatic N) is 2. The maximum atomic E-state index is 12.7. The van der Waals surface area contributed by atoms with Crippen molar-refractivity contribution in [3.63, 3.8) is 0 Å². The van der Waals surface area contributed by atoms with Gasteiger partial charge in [0.05, 0.1) is 16.0 Å². The number of halogens is 1. The second-order valence-corrected chi connectivity index (χ2v) is 7.31. The fourth-order valence-corrected chi connectivity index (χ4v) is 4.19. The molecule has 0 radical (unpaired) electrons. The third kappa shape index (κ3) is 3.77. The molecule has 0 bridgehead atoms. The van der Waals surface area contributed by atoms with Crippen LogP contribution in [0, 0.1) is 16.0 Å². The van der Waals surface area contributed by atoms with Crippen LogP contribution >= 0.6 is 12.4 Å². The van der Waals surface area contributed by atoms with Crippen molar-refractivity contribution >= 4 is 35.0 Å². The highest BCUT2D eigenvalue weighted by Crippen LogP contribution is 2.34. The van der Waals surface area contributed by atoms with Gasteiger partial charge in [0.2, 0.25) is 5.91 Å². The Labute approximate surface area is 171 Å². The zero-order valence-electron chi connectivity index (χ0n) is 15.7. The van der Waals surface area contributed by atoms with Crippen LogP contribution in [-0.2, 0) is 17.6 Å². The molecule has 29 heavy (non-hydrogen) atoms. The van der Waals surface area contributed by atoms with Crippen molar-refractivity contribution in [2.45, 2.75) is 38.5 Å². The third-order valence-corrected chi connectivity index (χ3v) is 5.60. The highest BCUT2D eigenvalue weighted by Gasteiger charge is 2.28. The highest BCUT2D eigenvalue weighted by molar-refractivity contribution is 5.90. The fraction of sp³-hybridized carbons (Fsp3) is 0.500. The van der Waals surface area contributed by atoms with Gasteiger partial charge in [0.15, 0.2) is 0 Å². The molecule has 156 valence electrons. The van der Waals surface area contributed by atoms with Gasteiger partial charge in [0, 0.05) is 17.5 Å². The molecule has 1 aliphatic heterocycles. The number of hydrogen-bond acceptors (Lipinski definition) is 6. The number of aromatic nitrogens is 2. The number of benzene rings is 1. The number of H-pyrrole nitrogens is 1. The van der Waals surface area contributed by atoms with Crippen LogP contribution in [0.15, 0.2) is 15.7 Å². The van der Waals surface area contributed by atoms with Crippen LogP contribution in [0.3, 0.4) is 0 Å². The van der Waals surface area contributed by atoms with Gasteiger partial charge in [-0.2, -0.15) is 0 Å². The van der Waals surface area contributed by atoms with Crippen molar-refractivity contribution in [1.82, 2.24) is 15.0 Å². The number of carbonyl (C=O) groups is 1. The summed E-state index contributed by atoms with van der Waals surface area (Å²) in [5, 5.41) is 14.7. The Hall–Kier alpha value is -2.72. The van der Waals surface area contributed by atoms with E-state index in [1.807, 2.05) is 0 Å². The van der Waals surface area contributed by atoms with Crippen molar-refractivity contribution in [3.8, 4) is 0 Å². The molecule has 4 rings (SSSR count). The van der Waals surface area contributed by atoms with Crippen molar-refractivity contribution in [2.75, 3.05) is 18.5 Å². The Morgan fingerprint density at radius 3 is 2.48 bits per heavy atom. The molecule has 10 nitrogen and oxygen atoms in total. The van der Waals surface area contributed by atoms with Gasteiger partial charge in [-0.3, -0.25) is 29.9 Å². The number of hydrogen-bond donors (Lipinski definition) is 3. The smallest absolute Gasteiger partial charge is 0.317 e. The van der Waals surface area contributed by atoms with Gasteiger partial charge in [0.1, 0.15) is 0 Å². The number of nitro benzene ring substituents is 1. The lowest BCUT2D eigenvalue weighted by atomic mass is 9.89. The second-order valence-electron chi connectivity index (χ2n) is 7.31. The van der Waals surface area contributed by atoms with Gasteiger partial charge >= 0.3 is 11.1 Å². The van der Waals surface area contributed by atoms with E-state index >= 15 is 0 Å². The molecule has 1 aromatic heterocycles. The summed E-state index contributed by atoms with van der Waals surface area (Å²) in [6, 6.07) is 1.29. The first kappa shape index (κ1) is 21.0. The van der Waals surface area contributed by atoms with Crippen molar-refractivity contribution in [1.29, 1.82) is 0 Å². The van der Waals surface area contributed by atoms with Crippen LogP contribution in [0.2, 0.25) is 0 Å². The zero-order chi connectivity index (χ0) is 19.8. The predicted octanol–water partition coefficient (Wildman–Crippen LogP) is 0.968. The summed E-state index contributed by atoms with van der Waals surface area (Å²) in [7, 11) is 0. The SMILES string of the molecule is Cl.O=C(Nn1c(=O)c(=O)[nH]c2cc([N+](=O)[O-])c3c(c21)CCCC3)C1CCNCC1. The standard InChI is InChI=1S/C18H21N5O5.ClH/c24-16(10-5-7-19-8-6-10)21-22-15-12-4-2-1-3-11(12)14(23(27)28)9-13(15)20-17(25)18(22)26;/h9-10,19H,1-8H2,(H,20,25)(H,21,24);1H. The van der Waals surface area contributed by atoms with E-state index < -0.39 is 16.0 Å². The summed E-state index contributed by atoms with van der Waals surface area (Å²) in [5.41, 5.74) is 2.48. The number of carbonyl (C=O) groups excluding carboxylic acids is 1. The quantitative estimate of drug-likeness (QED) is 0.382. The second kappa shape index (κ2) is 8.34. The van der Waals surface area contributed by atoms with Crippen LogP contribution in [0.25, 0.3) is 11.0 Å². The number of aromatic amines is 1. The van der Waals surface area contributed by atoms with Crippen LogP contribution < -0.4 is 21.9 Å². The lowest BCUT2D eigenvalue weighted by molar-refractivity contribution is -0.385. The molecule has 1 aliphatic carbocycles. The molecule has 2 heterocycles. The molecule has 0 unspecified atom stereocenters. The average Bonchev–Trinajstić information content (AvgIpc) is 2.71. The lowest BCUT2D eigenvalue weighted by Crippen LogP contribution is -2.45. The van der Waals surface area contributed by atoms with Crippen LogP contribution in [0.5, 0.6) is 0 Å². The predicted molar refractivity (Wildman–Crippen MR) is 109 cm³/mol. The average molecular weight is 424 g/mol. The van der Waals surface area contributed by atoms with Crippen molar-refractivity contribution in [3.05, 3.63) is 48.0 Å². The Morgan fingerprint density at radius 2 is 1.83 bits per heavy atom. The van der Waals surface area contributed by atoms with E-state index in [-0.39, 0.29) is 35.4 Å². The summed E-state index contributed by atoms with van der Waals surface area (Å²) >= 11 is 0. The van der Waals surface area contributed by atoms with E-state index in [0.29, 0.717) is 55.4 Å². The molecule has 0 saturated carbocycles. The van der Waals surface area contributed by atoms with Crippen LogP contribution in [0.1, 0.15) is 36.8 Å². The topological polar surface area (TPSA) is 139 Å². The molecule has 1 fully saturated rings. The van der Waals surface area contributed by atoms with Gasteiger partial charge in [-0.1, -0.05) is 0 Å². The van der Waals surface area contributed by atoms with E-state index in [2.05, 4.69) is 15.7 Å². The van der Waals surface area contributed by atoms with Gasteiger partial charge < -0.3 is 10.3 Å². The molecule has 2 aliphatic rings. The van der Waals surface area contributed by atoms with E-state index in [4.69, 9.17) is 0 Å². The third-order valence-electron chi connectivity index (χ3n) is 5.60. The molecule has 0 atom stereocenters. The lowest BCUT2D eigenvalue weighted by Gasteiger charge is -2.24. The Morgan fingerprint density at radius 1 is 1.17 bits per heavy atom. The number of piperidine rings is 1. The summed E-state index contributed by atoms with van der Waals surface area (Å²) < 4.78 is 0.992. The Balaban J connectivity index is 0.00000240. The molecule has 3 N–H and O–H groups in total. The van der Waals surface area contributed by atoms with Gasteiger partial charge in [0.25, 0.3) is 5.69 Å². The minimum atomic E-state index is -0.928. The minimum absolute atomic E-state index is 0. The number of rotatable bonds is 3. The number of nitro groups is 1. The van der Waals surface area contributed by atoms with E-state index in [0.717, 1.165) is 17.5 Å². The highest BCUT2D eigenvalue weighted by atomic mass is 35.5. The molecule has 0 spiro atoms. The number of amides is 1. The van der Waals surface area contributed by atoms with Gasteiger partial charge in [-0.05, 0) is 57.2 Å². The zero-order valence-corrected chi connectivity index (χ0v) is 16.5.